The van der Waals surface area contributed by atoms with Crippen molar-refractivity contribution in [2.24, 2.45) is 5.41 Å². The minimum atomic E-state index is -0.970. The topological polar surface area (TPSA) is 68.3 Å². The smallest absolute Gasteiger partial charge is 0.311 e. The van der Waals surface area contributed by atoms with E-state index in [1.807, 2.05) is 37.3 Å². The number of rotatable bonds is 5. The number of aromatic nitrogens is 1. The van der Waals surface area contributed by atoms with Crippen LogP contribution in [0.3, 0.4) is 0 Å². The Morgan fingerprint density at radius 3 is 2.17 bits per heavy atom. The van der Waals surface area contributed by atoms with Gasteiger partial charge in [-0.05, 0) is 92.9 Å². The molecule has 0 atom stereocenters. The number of hydrogen-bond acceptors (Lipinski definition) is 4. The van der Waals surface area contributed by atoms with Crippen LogP contribution in [-0.2, 0) is 9.53 Å². The van der Waals surface area contributed by atoms with Crippen molar-refractivity contribution in [3.63, 3.8) is 0 Å². The van der Waals surface area contributed by atoms with Crippen LogP contribution in [0.15, 0.2) is 53.4 Å². The first-order chi connectivity index (χ1) is 17.1. The van der Waals surface area contributed by atoms with E-state index >= 15 is 0 Å². The zero-order chi connectivity index (χ0) is 25.7. The van der Waals surface area contributed by atoms with Crippen LogP contribution in [0.1, 0.15) is 54.4 Å². The number of pyridine rings is 1. The zero-order valence-corrected chi connectivity index (χ0v) is 22.8. The summed E-state index contributed by atoms with van der Waals surface area (Å²) in [5.74, 6) is -0.131. The lowest BCUT2D eigenvalue weighted by Crippen LogP contribution is -2.58. The van der Waals surface area contributed by atoms with Crippen molar-refractivity contribution in [1.82, 2.24) is 10.3 Å². The second kappa shape index (κ2) is 8.91. The second-order valence-corrected chi connectivity index (χ2v) is 15.5. The molecule has 5 nitrogen and oxygen atoms in total. The van der Waals surface area contributed by atoms with Gasteiger partial charge in [0.1, 0.15) is 0 Å². The van der Waals surface area contributed by atoms with Crippen molar-refractivity contribution in [2.45, 2.75) is 55.9 Å². The Morgan fingerprint density at radius 2 is 1.58 bits per heavy atom. The van der Waals surface area contributed by atoms with E-state index in [0.29, 0.717) is 5.56 Å². The fourth-order valence-electron chi connectivity index (χ4n) is 6.09. The number of benzene rings is 2. The lowest BCUT2D eigenvalue weighted by atomic mass is 9.57. The molecule has 0 unspecified atom stereocenters. The molecule has 0 spiro atoms. The van der Waals surface area contributed by atoms with Gasteiger partial charge in [-0.3, -0.25) is 9.59 Å². The molecule has 3 aromatic rings. The Morgan fingerprint density at radius 1 is 0.944 bits per heavy atom. The first-order valence-corrected chi connectivity index (χ1v) is 15.5. The average Bonchev–Trinajstić information content (AvgIpc) is 2.88. The Hall–Kier alpha value is -2.86. The standard InChI is InChI=1S/C30H36N2O3S/c1-20-25(27(33)32-30-16-13-29(14-17-30,15-18-30)28(34)35-2)23-19-22(36(3,4)5)11-12-24(23)31-26(20)21-9-7-6-8-10-21/h6-12,19H,13-18H2,1-5H3,(H,32,33). The molecule has 1 aromatic heterocycles. The van der Waals surface area contributed by atoms with E-state index in [1.165, 1.54) is 12.0 Å². The molecule has 3 aliphatic rings. The molecule has 3 aliphatic carbocycles. The van der Waals surface area contributed by atoms with Crippen molar-refractivity contribution in [1.29, 1.82) is 0 Å². The molecule has 0 aliphatic heterocycles. The van der Waals surface area contributed by atoms with Crippen molar-refractivity contribution in [3.8, 4) is 11.3 Å². The first kappa shape index (κ1) is 24.8. The number of hydrogen-bond donors (Lipinski definition) is 1. The molecule has 3 fully saturated rings. The monoisotopic (exact) mass is 504 g/mol. The largest absolute Gasteiger partial charge is 0.469 e. The van der Waals surface area contributed by atoms with E-state index in [2.05, 4.69) is 42.3 Å². The molecule has 0 saturated heterocycles. The summed E-state index contributed by atoms with van der Waals surface area (Å²) in [6.45, 7) is 2.02. The van der Waals surface area contributed by atoms with E-state index in [9.17, 15) is 9.59 Å². The lowest BCUT2D eigenvalue weighted by Gasteiger charge is -2.52. The van der Waals surface area contributed by atoms with E-state index < -0.39 is 10.0 Å². The summed E-state index contributed by atoms with van der Waals surface area (Å²) in [6.07, 6.45) is 11.5. The van der Waals surface area contributed by atoms with Gasteiger partial charge in [0, 0.05) is 16.5 Å². The maximum atomic E-state index is 14.1. The number of nitrogens with zero attached hydrogens (tertiary/aromatic N) is 1. The number of nitrogens with one attached hydrogen (secondary N) is 1. The molecular formula is C30H36N2O3S. The minimum Gasteiger partial charge on any atom is -0.469 e. The molecule has 6 heteroatoms. The van der Waals surface area contributed by atoms with E-state index in [0.717, 1.165) is 66.2 Å². The van der Waals surface area contributed by atoms with Crippen LogP contribution in [0, 0.1) is 12.3 Å². The summed E-state index contributed by atoms with van der Waals surface area (Å²) in [6, 6.07) is 16.5. The SMILES string of the molecule is COC(=O)C12CCC(NC(=O)c3c(C)c(-c4ccccc4)nc4ccc(S(C)(C)C)cc34)(CC1)CC2. The number of fused-ring (bicyclic) bond motifs is 4. The van der Waals surface area contributed by atoms with Crippen LogP contribution in [0.25, 0.3) is 22.2 Å². The van der Waals surface area contributed by atoms with Gasteiger partial charge in [-0.25, -0.2) is 15.0 Å². The van der Waals surface area contributed by atoms with Gasteiger partial charge in [0.2, 0.25) is 0 Å². The summed E-state index contributed by atoms with van der Waals surface area (Å²) >= 11 is 0. The summed E-state index contributed by atoms with van der Waals surface area (Å²) in [5.41, 5.74) is 3.67. The highest BCUT2D eigenvalue weighted by atomic mass is 32.3. The number of methoxy groups -OCH3 is 1. The van der Waals surface area contributed by atoms with Crippen LogP contribution in [-0.4, -0.2) is 48.3 Å². The highest BCUT2D eigenvalue weighted by molar-refractivity contribution is 8.32. The van der Waals surface area contributed by atoms with Gasteiger partial charge in [-0.2, -0.15) is 0 Å². The number of esters is 1. The number of carbonyl (C=O) groups is 2. The molecule has 0 radical (unpaired) electrons. The summed E-state index contributed by atoms with van der Waals surface area (Å²) in [4.78, 5) is 32.9. The maximum absolute atomic E-state index is 14.1. The van der Waals surface area contributed by atoms with Crippen molar-refractivity contribution >= 4 is 32.8 Å². The predicted octanol–water partition coefficient (Wildman–Crippen LogP) is 6.26. The zero-order valence-electron chi connectivity index (χ0n) is 21.9. The maximum Gasteiger partial charge on any atom is 0.311 e. The molecule has 2 aromatic carbocycles. The third-order valence-corrected chi connectivity index (χ3v) is 10.1. The fraction of sp³-hybridized carbons (Fsp3) is 0.433. The molecule has 3 saturated carbocycles. The molecule has 1 heterocycles. The van der Waals surface area contributed by atoms with Crippen LogP contribution in [0.5, 0.6) is 0 Å². The number of carbonyl (C=O) groups excluding carboxylic acids is 2. The van der Waals surface area contributed by atoms with Crippen LogP contribution in [0.2, 0.25) is 0 Å². The Balaban J connectivity index is 1.57. The van der Waals surface area contributed by atoms with Gasteiger partial charge in [0.15, 0.2) is 0 Å². The minimum absolute atomic E-state index is 0.0365. The average molecular weight is 505 g/mol. The Labute approximate surface area is 215 Å². The highest BCUT2D eigenvalue weighted by Crippen LogP contribution is 2.53. The van der Waals surface area contributed by atoms with Crippen LogP contribution in [0.4, 0.5) is 0 Å². The normalized spacial score (nSPS) is 23.9. The van der Waals surface area contributed by atoms with Crippen LogP contribution < -0.4 is 5.32 Å². The van der Waals surface area contributed by atoms with E-state index in [-0.39, 0.29) is 22.8 Å². The second-order valence-electron chi connectivity index (χ2n) is 11.3. The third-order valence-electron chi connectivity index (χ3n) is 8.42. The molecule has 36 heavy (non-hydrogen) atoms. The number of amides is 1. The van der Waals surface area contributed by atoms with Gasteiger partial charge in [0.25, 0.3) is 5.91 Å². The van der Waals surface area contributed by atoms with Gasteiger partial charge in [-0.1, -0.05) is 30.3 Å². The van der Waals surface area contributed by atoms with E-state index in [4.69, 9.17) is 9.72 Å². The first-order valence-electron chi connectivity index (χ1n) is 12.7. The van der Waals surface area contributed by atoms with Gasteiger partial charge in [-0.15, -0.1) is 0 Å². The predicted molar refractivity (Wildman–Crippen MR) is 148 cm³/mol. The molecule has 2 bridgehead atoms. The van der Waals surface area contributed by atoms with Gasteiger partial charge in [0.05, 0.1) is 29.3 Å². The molecular weight excluding hydrogens is 468 g/mol. The number of ether oxygens (including phenoxy) is 1. The summed E-state index contributed by atoms with van der Waals surface area (Å²) in [5, 5.41) is 4.38. The fourth-order valence-corrected chi connectivity index (χ4v) is 7.04. The lowest BCUT2D eigenvalue weighted by molar-refractivity contribution is -0.160. The van der Waals surface area contributed by atoms with E-state index in [1.54, 1.807) is 0 Å². The van der Waals surface area contributed by atoms with Gasteiger partial charge < -0.3 is 10.1 Å². The Kier molecular flexibility index (Phi) is 6.14. The molecule has 6 rings (SSSR count). The highest BCUT2D eigenvalue weighted by Gasteiger charge is 2.53. The molecule has 190 valence electrons. The van der Waals surface area contributed by atoms with Crippen molar-refractivity contribution in [2.75, 3.05) is 25.9 Å². The van der Waals surface area contributed by atoms with Crippen molar-refractivity contribution in [3.05, 3.63) is 59.7 Å². The van der Waals surface area contributed by atoms with Crippen molar-refractivity contribution < 1.29 is 14.3 Å². The quantitative estimate of drug-likeness (QED) is 0.417. The molecule has 1 amide bonds. The summed E-state index contributed by atoms with van der Waals surface area (Å²) in [7, 11) is 0.506. The van der Waals surface area contributed by atoms with Gasteiger partial charge >= 0.3 is 5.97 Å². The summed E-state index contributed by atoms with van der Waals surface area (Å²) < 4.78 is 5.12. The van der Waals surface area contributed by atoms with Crippen LogP contribution >= 0.6 is 10.0 Å². The molecule has 1 N–H and O–H groups in total. The third kappa shape index (κ3) is 4.19. The Bertz CT molecular complexity index is 1320.